The topological polar surface area (TPSA) is 113 Å². The summed E-state index contributed by atoms with van der Waals surface area (Å²) < 4.78 is 31.4. The number of hydrogen-bond acceptors (Lipinski definition) is 5. The van der Waals surface area contributed by atoms with Crippen LogP contribution in [-0.2, 0) is 19.6 Å². The van der Waals surface area contributed by atoms with E-state index < -0.39 is 22.0 Å². The first kappa shape index (κ1) is 15.7. The van der Waals surface area contributed by atoms with Crippen molar-refractivity contribution in [3.8, 4) is 6.07 Å². The molecular weight excluding hydrogens is 318 g/mol. The van der Waals surface area contributed by atoms with E-state index in [2.05, 4.69) is 0 Å². The van der Waals surface area contributed by atoms with Gasteiger partial charge in [-0.1, -0.05) is 11.6 Å². The molecular formula is C12H12ClN3O4S. The smallest absolute Gasteiger partial charge is 0.245 e. The quantitative estimate of drug-likeness (QED) is 0.844. The molecule has 1 amide bonds. The van der Waals surface area contributed by atoms with E-state index in [1.54, 1.807) is 0 Å². The Morgan fingerprint density at radius 2 is 2.24 bits per heavy atom. The van der Waals surface area contributed by atoms with Crippen LogP contribution in [0.5, 0.6) is 0 Å². The van der Waals surface area contributed by atoms with E-state index in [1.807, 2.05) is 6.07 Å². The van der Waals surface area contributed by atoms with E-state index in [4.69, 9.17) is 27.3 Å². The van der Waals surface area contributed by atoms with Crippen molar-refractivity contribution in [3.05, 3.63) is 28.8 Å². The Kier molecular flexibility index (Phi) is 4.49. The van der Waals surface area contributed by atoms with Gasteiger partial charge in [0, 0.05) is 6.54 Å². The Bertz CT molecular complexity index is 714. The van der Waals surface area contributed by atoms with Gasteiger partial charge in [-0.05, 0) is 18.2 Å². The number of halogens is 1. The highest BCUT2D eigenvalue weighted by Gasteiger charge is 2.38. The molecule has 1 atom stereocenters. The molecule has 0 spiro atoms. The summed E-state index contributed by atoms with van der Waals surface area (Å²) in [6, 6.07) is 4.66. The standard InChI is InChI=1S/C12H12ClN3O4S/c13-9-2-1-8(6-14)5-11(9)21(18,19)16-3-4-20-7-10(16)12(15)17/h1-2,5,10H,3-4,7H2,(H2,15,17). The number of nitrogens with two attached hydrogens (primary N) is 1. The number of ether oxygens (including phenoxy) is 1. The number of rotatable bonds is 3. The number of nitriles is 1. The van der Waals surface area contributed by atoms with E-state index in [0.717, 1.165) is 4.31 Å². The zero-order valence-electron chi connectivity index (χ0n) is 10.8. The van der Waals surface area contributed by atoms with Crippen molar-refractivity contribution < 1.29 is 17.9 Å². The zero-order valence-corrected chi connectivity index (χ0v) is 12.4. The van der Waals surface area contributed by atoms with Crippen molar-refractivity contribution in [3.63, 3.8) is 0 Å². The average Bonchev–Trinajstić information content (AvgIpc) is 2.47. The van der Waals surface area contributed by atoms with Crippen molar-refractivity contribution in [1.82, 2.24) is 4.31 Å². The van der Waals surface area contributed by atoms with Gasteiger partial charge in [0.15, 0.2) is 0 Å². The molecule has 1 aliphatic heterocycles. The molecule has 112 valence electrons. The van der Waals surface area contributed by atoms with Gasteiger partial charge in [0.05, 0.1) is 29.9 Å². The summed E-state index contributed by atoms with van der Waals surface area (Å²) in [5, 5.41) is 8.85. The Morgan fingerprint density at radius 1 is 1.52 bits per heavy atom. The molecule has 21 heavy (non-hydrogen) atoms. The molecule has 7 nitrogen and oxygen atoms in total. The molecule has 1 aromatic carbocycles. The highest BCUT2D eigenvalue weighted by Crippen LogP contribution is 2.27. The number of amides is 1. The Morgan fingerprint density at radius 3 is 2.86 bits per heavy atom. The molecule has 2 N–H and O–H groups in total. The molecule has 0 aromatic heterocycles. The van der Waals surface area contributed by atoms with Crippen LogP contribution in [0.4, 0.5) is 0 Å². The maximum absolute atomic E-state index is 12.7. The van der Waals surface area contributed by atoms with Crippen LogP contribution in [-0.4, -0.2) is 44.4 Å². The average molecular weight is 330 g/mol. The van der Waals surface area contributed by atoms with Gasteiger partial charge >= 0.3 is 0 Å². The number of hydrogen-bond donors (Lipinski definition) is 1. The third-order valence-corrected chi connectivity index (χ3v) is 5.44. The molecule has 0 aliphatic carbocycles. The summed E-state index contributed by atoms with van der Waals surface area (Å²) in [6.45, 7) is 0.0335. The summed E-state index contributed by atoms with van der Waals surface area (Å²) in [5.74, 6) is -0.800. The predicted octanol–water partition coefficient (Wildman–Crippen LogP) is 0.0865. The van der Waals surface area contributed by atoms with Crippen molar-refractivity contribution in [2.45, 2.75) is 10.9 Å². The highest BCUT2D eigenvalue weighted by atomic mass is 35.5. The second-order valence-electron chi connectivity index (χ2n) is 4.37. The lowest BCUT2D eigenvalue weighted by Crippen LogP contribution is -2.54. The second kappa shape index (κ2) is 5.99. The molecule has 0 bridgehead atoms. The zero-order chi connectivity index (χ0) is 15.6. The molecule has 1 unspecified atom stereocenters. The second-order valence-corrected chi connectivity index (χ2v) is 6.63. The summed E-state index contributed by atoms with van der Waals surface area (Å²) in [5.41, 5.74) is 5.37. The van der Waals surface area contributed by atoms with Crippen LogP contribution in [0.15, 0.2) is 23.1 Å². The molecule has 9 heteroatoms. The van der Waals surface area contributed by atoms with Crippen LogP contribution >= 0.6 is 11.6 Å². The van der Waals surface area contributed by atoms with E-state index in [-0.39, 0.29) is 35.2 Å². The Hall–Kier alpha value is -1.66. The Labute approximate surface area is 126 Å². The monoisotopic (exact) mass is 329 g/mol. The van der Waals surface area contributed by atoms with Gasteiger partial charge in [-0.3, -0.25) is 4.79 Å². The minimum absolute atomic E-state index is 0.0109. The number of carbonyl (C=O) groups is 1. The molecule has 1 aromatic rings. The third kappa shape index (κ3) is 3.01. The lowest BCUT2D eigenvalue weighted by atomic mass is 10.2. The number of morpholine rings is 1. The van der Waals surface area contributed by atoms with Gasteiger partial charge in [0.2, 0.25) is 15.9 Å². The number of sulfonamides is 1. The summed E-state index contributed by atoms with van der Waals surface area (Å²) >= 11 is 5.92. The van der Waals surface area contributed by atoms with E-state index in [0.29, 0.717) is 0 Å². The van der Waals surface area contributed by atoms with Crippen LogP contribution in [0.25, 0.3) is 0 Å². The number of carbonyl (C=O) groups excluding carboxylic acids is 1. The van der Waals surface area contributed by atoms with Crippen molar-refractivity contribution >= 4 is 27.5 Å². The van der Waals surface area contributed by atoms with Gasteiger partial charge < -0.3 is 10.5 Å². The highest BCUT2D eigenvalue weighted by molar-refractivity contribution is 7.89. The van der Waals surface area contributed by atoms with Crippen molar-refractivity contribution in [1.29, 1.82) is 5.26 Å². The fourth-order valence-corrected chi connectivity index (χ4v) is 4.06. The summed E-state index contributed by atoms with van der Waals surface area (Å²) in [6.07, 6.45) is 0. The van der Waals surface area contributed by atoms with Crippen molar-refractivity contribution in [2.75, 3.05) is 19.8 Å². The van der Waals surface area contributed by atoms with Gasteiger partial charge in [-0.25, -0.2) is 8.42 Å². The summed E-state index contributed by atoms with van der Waals surface area (Å²) in [4.78, 5) is 11.2. The van der Waals surface area contributed by atoms with Crippen LogP contribution in [0.1, 0.15) is 5.56 Å². The summed E-state index contributed by atoms with van der Waals surface area (Å²) in [7, 11) is -4.05. The first-order chi connectivity index (χ1) is 9.87. The van der Waals surface area contributed by atoms with E-state index >= 15 is 0 Å². The largest absolute Gasteiger partial charge is 0.378 e. The first-order valence-electron chi connectivity index (χ1n) is 5.96. The van der Waals surface area contributed by atoms with E-state index in [1.165, 1.54) is 18.2 Å². The molecule has 1 heterocycles. The molecule has 1 fully saturated rings. The Balaban J connectivity index is 2.50. The lowest BCUT2D eigenvalue weighted by Gasteiger charge is -2.32. The number of primary amides is 1. The number of benzene rings is 1. The van der Waals surface area contributed by atoms with Gasteiger partial charge in [0.1, 0.15) is 10.9 Å². The SMILES string of the molecule is N#Cc1ccc(Cl)c(S(=O)(=O)N2CCOCC2C(N)=O)c1. The third-order valence-electron chi connectivity index (χ3n) is 3.05. The van der Waals surface area contributed by atoms with Crippen molar-refractivity contribution in [2.24, 2.45) is 5.73 Å². The van der Waals surface area contributed by atoms with Crippen LogP contribution in [0.3, 0.4) is 0 Å². The fourth-order valence-electron chi connectivity index (χ4n) is 2.00. The molecule has 1 saturated heterocycles. The van der Waals surface area contributed by atoms with Crippen LogP contribution in [0, 0.1) is 11.3 Å². The number of nitrogens with zero attached hydrogens (tertiary/aromatic N) is 2. The molecule has 0 radical (unpaired) electrons. The minimum atomic E-state index is -4.05. The molecule has 2 rings (SSSR count). The van der Waals surface area contributed by atoms with Gasteiger partial charge in [0.25, 0.3) is 0 Å². The lowest BCUT2D eigenvalue weighted by molar-refractivity contribution is -0.125. The van der Waals surface area contributed by atoms with Crippen LogP contribution in [0.2, 0.25) is 5.02 Å². The predicted molar refractivity (Wildman–Crippen MR) is 73.9 cm³/mol. The minimum Gasteiger partial charge on any atom is -0.378 e. The molecule has 0 saturated carbocycles. The normalized spacial score (nSPS) is 19.9. The van der Waals surface area contributed by atoms with Gasteiger partial charge in [-0.2, -0.15) is 9.57 Å². The van der Waals surface area contributed by atoms with Crippen LogP contribution < -0.4 is 5.73 Å². The first-order valence-corrected chi connectivity index (χ1v) is 7.78. The fraction of sp³-hybridized carbons (Fsp3) is 0.333. The van der Waals surface area contributed by atoms with E-state index in [9.17, 15) is 13.2 Å². The van der Waals surface area contributed by atoms with Gasteiger partial charge in [-0.15, -0.1) is 0 Å². The maximum atomic E-state index is 12.7. The maximum Gasteiger partial charge on any atom is 0.245 e. The molecule has 1 aliphatic rings.